The van der Waals surface area contributed by atoms with Crippen LogP contribution < -0.4 is 5.19 Å². The van der Waals surface area contributed by atoms with E-state index in [1.54, 1.807) is 21.3 Å². The summed E-state index contributed by atoms with van der Waals surface area (Å²) in [6, 6.07) is 0. The van der Waals surface area contributed by atoms with Crippen molar-refractivity contribution in [3.8, 4) is 11.1 Å². The van der Waals surface area contributed by atoms with Gasteiger partial charge in [-0.3, -0.25) is 0 Å². The first-order valence-electron chi connectivity index (χ1n) is 7.04. The maximum atomic E-state index is 5.69. The van der Waals surface area contributed by atoms with Crippen molar-refractivity contribution in [2.45, 2.75) is 0 Å². The number of rotatable bonds is 5. The molecule has 0 aliphatic rings. The monoisotopic (exact) mass is 975 g/mol. The van der Waals surface area contributed by atoms with Gasteiger partial charge in [0.25, 0.3) is 0 Å². The molecule has 0 saturated heterocycles. The molecule has 2 aromatic rings. The highest BCUT2D eigenvalue weighted by atomic mass is 79.9. The van der Waals surface area contributed by atoms with Crippen molar-refractivity contribution >= 4 is 157 Å². The van der Waals surface area contributed by atoms with Gasteiger partial charge in [-0.15, -0.1) is 0 Å². The summed E-state index contributed by atoms with van der Waals surface area (Å²) in [4.78, 5) is 0. The Bertz CT molecular complexity index is 881. The summed E-state index contributed by atoms with van der Waals surface area (Å²) in [5.41, 5.74) is 1.83. The van der Waals surface area contributed by atoms with Crippen LogP contribution in [0, 0.1) is 0 Å². The van der Waals surface area contributed by atoms with Crippen molar-refractivity contribution in [3.63, 3.8) is 0 Å². The first kappa shape index (κ1) is 27.1. The standard InChI is InChI=1S/C15H9Br9O3Si/c1-25-28(26-2,27-3)15-13(23)8(18)5(9(19)14(15)24)4-6(16)10(20)12(22)11(21)7(4)17/h1-3H3. The van der Waals surface area contributed by atoms with E-state index in [1.807, 2.05) is 0 Å². The lowest BCUT2D eigenvalue weighted by Crippen LogP contribution is -2.56. The zero-order valence-electron chi connectivity index (χ0n) is 14.1. The molecule has 0 unspecified atom stereocenters. The fraction of sp³-hybridized carbons (Fsp3) is 0.200. The zero-order valence-corrected chi connectivity index (χ0v) is 29.4. The minimum Gasteiger partial charge on any atom is -0.373 e. The van der Waals surface area contributed by atoms with Crippen molar-refractivity contribution in [2.75, 3.05) is 21.3 Å². The lowest BCUT2D eigenvalue weighted by Gasteiger charge is -2.29. The van der Waals surface area contributed by atoms with Crippen molar-refractivity contribution in [2.24, 2.45) is 0 Å². The molecule has 154 valence electrons. The Balaban J connectivity index is 3.01. The van der Waals surface area contributed by atoms with E-state index in [4.69, 9.17) is 13.3 Å². The van der Waals surface area contributed by atoms with Gasteiger partial charge in [0.1, 0.15) is 0 Å². The molecule has 0 N–H and O–H groups in total. The molecule has 0 aromatic heterocycles. The molecule has 2 aromatic carbocycles. The predicted octanol–water partition coefficient (Wildman–Crippen LogP) is 9.30. The molecule has 28 heavy (non-hydrogen) atoms. The highest BCUT2D eigenvalue weighted by Crippen LogP contribution is 2.53. The Hall–Kier alpha value is 2.86. The first-order valence-corrected chi connectivity index (χ1v) is 15.9. The van der Waals surface area contributed by atoms with Crippen LogP contribution in [0.2, 0.25) is 0 Å². The van der Waals surface area contributed by atoms with Gasteiger partial charge in [-0.25, -0.2) is 0 Å². The summed E-state index contributed by atoms with van der Waals surface area (Å²) < 4.78 is 24.6. The minimum atomic E-state index is -3.13. The van der Waals surface area contributed by atoms with Crippen LogP contribution in [0.15, 0.2) is 40.3 Å². The second-order valence-electron chi connectivity index (χ2n) is 5.12. The van der Waals surface area contributed by atoms with Crippen molar-refractivity contribution in [1.82, 2.24) is 0 Å². The third-order valence-electron chi connectivity index (χ3n) is 3.84. The average Bonchev–Trinajstić information content (AvgIpc) is 2.69. The van der Waals surface area contributed by atoms with E-state index in [1.165, 1.54) is 0 Å². The van der Waals surface area contributed by atoms with Gasteiger partial charge in [0.05, 0.1) is 5.19 Å². The average molecular weight is 984 g/mol. The van der Waals surface area contributed by atoms with Gasteiger partial charge in [0.15, 0.2) is 0 Å². The fourth-order valence-corrected chi connectivity index (χ4v) is 12.2. The molecule has 2 rings (SSSR count). The Labute approximate surface area is 239 Å². The van der Waals surface area contributed by atoms with E-state index in [2.05, 4.69) is 143 Å². The molecule has 0 bridgehead atoms. The van der Waals surface area contributed by atoms with Crippen molar-refractivity contribution in [3.05, 3.63) is 40.3 Å². The maximum Gasteiger partial charge on any atom is 0.538 e. The topological polar surface area (TPSA) is 27.7 Å². The summed E-state index contributed by atoms with van der Waals surface area (Å²) in [7, 11) is 1.59. The third kappa shape index (κ3) is 4.59. The van der Waals surface area contributed by atoms with Crippen LogP contribution in [0.3, 0.4) is 0 Å². The molecule has 3 nitrogen and oxygen atoms in total. The Morgan fingerprint density at radius 2 is 0.679 bits per heavy atom. The number of hydrogen-bond acceptors (Lipinski definition) is 3. The summed E-state index contributed by atoms with van der Waals surface area (Å²) in [6.45, 7) is 0. The lowest BCUT2D eigenvalue weighted by atomic mass is 10.1. The molecule has 13 heteroatoms. The normalized spacial score (nSPS) is 12.0. The molecular formula is C15H9Br9O3Si. The second-order valence-corrected chi connectivity index (χ2v) is 15.1. The molecule has 0 radical (unpaired) electrons. The van der Waals surface area contributed by atoms with Gasteiger partial charge >= 0.3 is 8.80 Å². The van der Waals surface area contributed by atoms with Crippen molar-refractivity contribution in [1.29, 1.82) is 0 Å². The molecule has 0 aliphatic heterocycles. The molecular weight excluding hydrogens is 975 g/mol. The minimum absolute atomic E-state index is 0.767. The van der Waals surface area contributed by atoms with Crippen LogP contribution in [-0.2, 0) is 13.3 Å². The first-order chi connectivity index (χ1) is 13.0. The summed E-state index contributed by atoms with van der Waals surface area (Å²) in [5, 5.41) is 0.769. The smallest absolute Gasteiger partial charge is 0.373 e. The van der Waals surface area contributed by atoms with E-state index >= 15 is 0 Å². The lowest BCUT2D eigenvalue weighted by molar-refractivity contribution is 0.140. The Kier molecular flexibility index (Phi) is 10.5. The van der Waals surface area contributed by atoms with Crippen LogP contribution in [0.1, 0.15) is 0 Å². The quantitative estimate of drug-likeness (QED) is 0.170. The van der Waals surface area contributed by atoms with Gasteiger partial charge in [0, 0.05) is 72.7 Å². The SMILES string of the molecule is CO[Si](OC)(OC)c1c(Br)c(Br)c(-c2c(Br)c(Br)c(Br)c(Br)c2Br)c(Br)c1Br. The molecule has 0 aliphatic carbocycles. The van der Waals surface area contributed by atoms with E-state index in [9.17, 15) is 0 Å². The summed E-state index contributed by atoms with van der Waals surface area (Å²) >= 11 is 33.1. The summed E-state index contributed by atoms with van der Waals surface area (Å²) in [5.74, 6) is 0. The Morgan fingerprint density at radius 3 is 0.964 bits per heavy atom. The van der Waals surface area contributed by atoms with Gasteiger partial charge in [-0.05, 0) is 143 Å². The molecule has 0 amide bonds. The van der Waals surface area contributed by atoms with Crippen LogP contribution in [0.25, 0.3) is 11.1 Å². The maximum absolute atomic E-state index is 5.69. The van der Waals surface area contributed by atoms with Crippen LogP contribution >= 0.6 is 143 Å². The highest BCUT2D eigenvalue weighted by Gasteiger charge is 2.46. The predicted molar refractivity (Wildman–Crippen MR) is 148 cm³/mol. The van der Waals surface area contributed by atoms with Crippen LogP contribution in [-0.4, -0.2) is 30.1 Å². The van der Waals surface area contributed by atoms with Gasteiger partial charge < -0.3 is 13.3 Å². The largest absolute Gasteiger partial charge is 0.538 e. The van der Waals surface area contributed by atoms with E-state index in [0.29, 0.717) is 0 Å². The molecule has 0 heterocycles. The second kappa shape index (κ2) is 10.9. The van der Waals surface area contributed by atoms with E-state index in [-0.39, 0.29) is 0 Å². The van der Waals surface area contributed by atoms with Crippen molar-refractivity contribution < 1.29 is 13.3 Å². The van der Waals surface area contributed by atoms with Gasteiger partial charge in [-0.1, -0.05) is 0 Å². The van der Waals surface area contributed by atoms with E-state index < -0.39 is 8.80 Å². The third-order valence-corrected chi connectivity index (χ3v) is 17.6. The highest BCUT2D eigenvalue weighted by molar-refractivity contribution is 9.16. The van der Waals surface area contributed by atoms with Gasteiger partial charge in [0.2, 0.25) is 0 Å². The zero-order chi connectivity index (χ0) is 21.5. The number of halogens is 9. The molecule has 0 saturated carbocycles. The van der Waals surface area contributed by atoms with E-state index in [0.717, 1.165) is 56.6 Å². The van der Waals surface area contributed by atoms with Crippen LogP contribution in [0.5, 0.6) is 0 Å². The Morgan fingerprint density at radius 1 is 0.429 bits per heavy atom. The number of hydrogen-bond donors (Lipinski definition) is 0. The summed E-state index contributed by atoms with van der Waals surface area (Å²) in [6.07, 6.45) is 0. The molecule has 0 spiro atoms. The van der Waals surface area contributed by atoms with Gasteiger partial charge in [-0.2, -0.15) is 0 Å². The number of benzene rings is 2. The fourth-order valence-electron chi connectivity index (χ4n) is 2.50. The molecule has 0 atom stereocenters. The molecule has 0 fully saturated rings. The van der Waals surface area contributed by atoms with Crippen LogP contribution in [0.4, 0.5) is 0 Å².